The van der Waals surface area contributed by atoms with Gasteiger partial charge in [0.1, 0.15) is 17.5 Å². The van der Waals surface area contributed by atoms with Crippen molar-refractivity contribution in [3.63, 3.8) is 0 Å². The summed E-state index contributed by atoms with van der Waals surface area (Å²) in [5.41, 5.74) is 0.913. The molecule has 7 heteroatoms. The molecule has 0 aromatic heterocycles. The first kappa shape index (κ1) is 22.6. The van der Waals surface area contributed by atoms with Crippen LogP contribution in [0, 0.1) is 31.1 Å². The van der Waals surface area contributed by atoms with E-state index < -0.39 is 26.9 Å². The quantitative estimate of drug-likeness (QED) is 0.541. The summed E-state index contributed by atoms with van der Waals surface area (Å²) in [6.45, 7) is 6.86. The van der Waals surface area contributed by atoms with Crippen LogP contribution in [0.3, 0.4) is 0 Å². The van der Waals surface area contributed by atoms with Crippen molar-refractivity contribution in [1.29, 1.82) is 0 Å². The first-order valence-corrected chi connectivity index (χ1v) is 11.7. The molecular weight excluding hydrogens is 405 g/mol. The summed E-state index contributed by atoms with van der Waals surface area (Å²) in [6.07, 6.45) is 1.29. The lowest BCUT2D eigenvalue weighted by Crippen LogP contribution is -2.49. The van der Waals surface area contributed by atoms with Crippen LogP contribution in [0.25, 0.3) is 0 Å². The third kappa shape index (κ3) is 4.08. The number of ketones is 2. The summed E-state index contributed by atoms with van der Waals surface area (Å²) in [6, 6.07) is 3.82. The molecule has 1 aliphatic carbocycles. The van der Waals surface area contributed by atoms with Crippen molar-refractivity contribution in [2.45, 2.75) is 64.8 Å². The number of nitrogens with zero attached hydrogens (tertiary/aromatic N) is 1. The average molecular weight is 434 g/mol. The normalized spacial score (nSPS) is 21.4. The predicted octanol–water partition coefficient (Wildman–Crippen LogP) is 3.42. The third-order valence-electron chi connectivity index (χ3n) is 6.45. The molecule has 3 rings (SSSR count). The molecule has 0 N–H and O–H groups in total. The standard InChI is InChI=1S/C23H28FNO4S/c1-5-6-18-11-15(2)21(16(3)12-18)22-19(26)13-23(14-20(22)27)7-9-25(10-8-23)30(28,29)17(4)24/h11-12,17,22H,7-10,13-14H2,1-4H3. The van der Waals surface area contributed by atoms with Gasteiger partial charge in [0.25, 0.3) is 0 Å². The maximum absolute atomic E-state index is 13.5. The minimum atomic E-state index is -3.97. The highest BCUT2D eigenvalue weighted by atomic mass is 32.2. The average Bonchev–Trinajstić information content (AvgIpc) is 2.64. The fourth-order valence-corrected chi connectivity index (χ4v) is 6.03. The molecule has 1 heterocycles. The van der Waals surface area contributed by atoms with Gasteiger partial charge in [-0.05, 0) is 74.8 Å². The summed E-state index contributed by atoms with van der Waals surface area (Å²) in [4.78, 5) is 26.3. The first-order valence-electron chi connectivity index (χ1n) is 10.2. The Morgan fingerprint density at radius 1 is 1.10 bits per heavy atom. The van der Waals surface area contributed by atoms with Crippen molar-refractivity contribution in [1.82, 2.24) is 4.31 Å². The van der Waals surface area contributed by atoms with Crippen molar-refractivity contribution < 1.29 is 22.4 Å². The molecule has 30 heavy (non-hydrogen) atoms. The topological polar surface area (TPSA) is 71.5 Å². The van der Waals surface area contributed by atoms with Crippen molar-refractivity contribution in [3.05, 3.63) is 34.4 Å². The summed E-state index contributed by atoms with van der Waals surface area (Å²) in [7, 11) is -3.97. The van der Waals surface area contributed by atoms with E-state index in [-0.39, 0.29) is 37.5 Å². The summed E-state index contributed by atoms with van der Waals surface area (Å²) >= 11 is 0. The van der Waals surface area contributed by atoms with Crippen LogP contribution in [-0.4, -0.2) is 42.9 Å². The number of alkyl halides is 1. The molecule has 1 aromatic rings. The lowest BCUT2D eigenvalue weighted by molar-refractivity contribution is -0.138. The molecule has 1 aromatic carbocycles. The number of piperidine rings is 1. The van der Waals surface area contributed by atoms with Crippen LogP contribution in [0.1, 0.15) is 67.7 Å². The van der Waals surface area contributed by atoms with Gasteiger partial charge in [-0.3, -0.25) is 9.59 Å². The van der Waals surface area contributed by atoms with Gasteiger partial charge in [-0.1, -0.05) is 5.92 Å². The number of aryl methyl sites for hydroxylation is 2. The molecule has 0 bridgehead atoms. The summed E-state index contributed by atoms with van der Waals surface area (Å²) < 4.78 is 38.8. The Labute approximate surface area is 178 Å². The Morgan fingerprint density at radius 2 is 1.60 bits per heavy atom. The van der Waals surface area contributed by atoms with E-state index in [1.807, 2.05) is 26.0 Å². The Bertz CT molecular complexity index is 998. The Balaban J connectivity index is 1.82. The molecule has 1 saturated carbocycles. The molecule has 1 aliphatic heterocycles. The Morgan fingerprint density at radius 3 is 2.03 bits per heavy atom. The monoisotopic (exact) mass is 433 g/mol. The van der Waals surface area contributed by atoms with Crippen molar-refractivity contribution >= 4 is 21.6 Å². The first-order chi connectivity index (χ1) is 14.0. The Kier molecular flexibility index (Phi) is 6.22. The van der Waals surface area contributed by atoms with Crippen LogP contribution in [0.2, 0.25) is 0 Å². The van der Waals surface area contributed by atoms with Crippen molar-refractivity contribution in [2.75, 3.05) is 13.1 Å². The van der Waals surface area contributed by atoms with E-state index in [0.29, 0.717) is 12.8 Å². The number of benzene rings is 1. The Hall–Kier alpha value is -2.04. The third-order valence-corrected chi connectivity index (χ3v) is 8.35. The maximum Gasteiger partial charge on any atom is 0.246 e. The molecule has 1 unspecified atom stereocenters. The number of hydrogen-bond donors (Lipinski definition) is 0. The van der Waals surface area contributed by atoms with Crippen LogP contribution in [0.5, 0.6) is 0 Å². The number of carbonyl (C=O) groups is 2. The minimum absolute atomic E-state index is 0.109. The van der Waals surface area contributed by atoms with Crippen LogP contribution >= 0.6 is 0 Å². The zero-order chi connectivity index (χ0) is 22.3. The molecular formula is C23H28FNO4S. The molecule has 2 aliphatic rings. The van der Waals surface area contributed by atoms with Crippen molar-refractivity contribution in [3.8, 4) is 11.8 Å². The summed E-state index contributed by atoms with van der Waals surface area (Å²) in [5.74, 6) is 4.88. The van der Waals surface area contributed by atoms with Gasteiger partial charge in [0.05, 0.1) is 0 Å². The molecule has 0 radical (unpaired) electrons. The SMILES string of the molecule is CC#Cc1cc(C)c(C2C(=O)CC3(CCN(S(=O)(=O)C(C)F)CC3)CC2=O)c(C)c1. The molecule has 1 saturated heterocycles. The molecule has 162 valence electrons. The van der Waals surface area contributed by atoms with Gasteiger partial charge in [-0.15, -0.1) is 5.92 Å². The fourth-order valence-electron chi connectivity index (χ4n) is 4.93. The molecule has 1 atom stereocenters. The predicted molar refractivity (Wildman–Crippen MR) is 113 cm³/mol. The number of rotatable bonds is 3. The lowest BCUT2D eigenvalue weighted by Gasteiger charge is -2.44. The van der Waals surface area contributed by atoms with Gasteiger partial charge in [-0.25, -0.2) is 12.8 Å². The highest BCUT2D eigenvalue weighted by Gasteiger charge is 2.48. The second-order valence-electron chi connectivity index (χ2n) is 8.60. The second kappa shape index (κ2) is 8.24. The number of hydrogen-bond acceptors (Lipinski definition) is 4. The van der Waals surface area contributed by atoms with Gasteiger partial charge in [0.15, 0.2) is 0 Å². The zero-order valence-electron chi connectivity index (χ0n) is 17.9. The van der Waals surface area contributed by atoms with Crippen LogP contribution in [-0.2, 0) is 19.6 Å². The summed E-state index contributed by atoms with van der Waals surface area (Å²) in [5, 5.41) is 0. The number of sulfonamides is 1. The van der Waals surface area contributed by atoms with E-state index in [9.17, 15) is 22.4 Å². The minimum Gasteiger partial charge on any atom is -0.299 e. The maximum atomic E-state index is 13.5. The number of carbonyl (C=O) groups excluding carboxylic acids is 2. The fraction of sp³-hybridized carbons (Fsp3) is 0.565. The lowest BCUT2D eigenvalue weighted by atomic mass is 9.63. The van der Waals surface area contributed by atoms with Gasteiger partial charge in [-0.2, -0.15) is 4.31 Å². The van der Waals surface area contributed by atoms with E-state index in [4.69, 9.17) is 0 Å². The zero-order valence-corrected chi connectivity index (χ0v) is 18.7. The second-order valence-corrected chi connectivity index (χ2v) is 10.8. The van der Waals surface area contributed by atoms with Crippen molar-refractivity contribution in [2.24, 2.45) is 5.41 Å². The number of halogens is 1. The van der Waals surface area contributed by atoms with Crippen LogP contribution in [0.4, 0.5) is 4.39 Å². The van der Waals surface area contributed by atoms with E-state index in [1.165, 1.54) is 0 Å². The largest absolute Gasteiger partial charge is 0.299 e. The van der Waals surface area contributed by atoms with E-state index >= 15 is 0 Å². The number of Topliss-reactive ketones (excluding diaryl/α,β-unsaturated/α-hetero) is 2. The van der Waals surface area contributed by atoms with Gasteiger partial charge >= 0.3 is 0 Å². The van der Waals surface area contributed by atoms with E-state index in [0.717, 1.165) is 33.5 Å². The van der Waals surface area contributed by atoms with Crippen LogP contribution < -0.4 is 0 Å². The van der Waals surface area contributed by atoms with Gasteiger partial charge in [0.2, 0.25) is 15.5 Å². The van der Waals surface area contributed by atoms with E-state index in [2.05, 4.69) is 11.8 Å². The molecule has 1 spiro atoms. The molecule has 5 nitrogen and oxygen atoms in total. The van der Waals surface area contributed by atoms with Gasteiger partial charge in [0, 0.05) is 31.5 Å². The highest BCUT2D eigenvalue weighted by Crippen LogP contribution is 2.47. The van der Waals surface area contributed by atoms with E-state index in [1.54, 1.807) is 6.92 Å². The van der Waals surface area contributed by atoms with Crippen LogP contribution in [0.15, 0.2) is 12.1 Å². The molecule has 2 fully saturated rings. The smallest absolute Gasteiger partial charge is 0.246 e. The van der Waals surface area contributed by atoms with Gasteiger partial charge < -0.3 is 0 Å². The molecule has 0 amide bonds. The highest BCUT2D eigenvalue weighted by molar-refractivity contribution is 7.89.